The van der Waals surface area contributed by atoms with E-state index in [-0.39, 0.29) is 11.2 Å². The van der Waals surface area contributed by atoms with Gasteiger partial charge in [0.25, 0.3) is 0 Å². The highest BCUT2D eigenvalue weighted by molar-refractivity contribution is 7.99. The van der Waals surface area contributed by atoms with Crippen molar-refractivity contribution in [1.82, 2.24) is 10.3 Å². The van der Waals surface area contributed by atoms with Gasteiger partial charge in [-0.3, -0.25) is 4.79 Å². The normalized spacial score (nSPS) is 11.9. The van der Waals surface area contributed by atoms with Gasteiger partial charge >= 0.3 is 0 Å². The fourth-order valence-electron chi connectivity index (χ4n) is 2.68. The first-order valence-electron chi connectivity index (χ1n) is 9.06. The zero-order valence-corrected chi connectivity index (χ0v) is 17.3. The largest absolute Gasteiger partial charge is 0.355 e. The molecular formula is C22H24N2OS2. The van der Waals surface area contributed by atoms with Crippen LogP contribution in [-0.2, 0) is 17.0 Å². The summed E-state index contributed by atoms with van der Waals surface area (Å²) in [7, 11) is 0. The van der Waals surface area contributed by atoms with Crippen molar-refractivity contribution >= 4 is 29.0 Å². The van der Waals surface area contributed by atoms with Crippen LogP contribution in [0.15, 0.2) is 60.0 Å². The van der Waals surface area contributed by atoms with E-state index in [1.165, 1.54) is 11.1 Å². The molecule has 140 valence electrons. The van der Waals surface area contributed by atoms with Crippen LogP contribution in [0.25, 0.3) is 11.3 Å². The first-order valence-corrected chi connectivity index (χ1v) is 11.0. The number of carbonyl (C=O) groups is 1. The smallest absolute Gasteiger partial charge is 0.232 e. The lowest BCUT2D eigenvalue weighted by Crippen LogP contribution is -2.32. The van der Waals surface area contributed by atoms with Crippen LogP contribution in [0.4, 0.5) is 0 Å². The molecule has 1 aromatic heterocycles. The van der Waals surface area contributed by atoms with Gasteiger partial charge in [-0.25, -0.2) is 4.98 Å². The molecule has 27 heavy (non-hydrogen) atoms. The molecule has 5 heteroatoms. The number of nitrogens with zero attached hydrogens (tertiary/aromatic N) is 1. The van der Waals surface area contributed by atoms with Crippen molar-refractivity contribution in [1.29, 1.82) is 0 Å². The van der Waals surface area contributed by atoms with Gasteiger partial charge in [-0.1, -0.05) is 54.6 Å². The molecule has 2 aromatic carbocycles. The first-order chi connectivity index (χ1) is 13.1. The molecule has 0 fully saturated rings. The molecule has 0 bridgehead atoms. The van der Waals surface area contributed by atoms with E-state index < -0.39 is 0 Å². The Morgan fingerprint density at radius 1 is 1.11 bits per heavy atom. The Hall–Kier alpha value is -2.11. The maximum Gasteiger partial charge on any atom is 0.232 e. The molecule has 1 heterocycles. The summed E-state index contributed by atoms with van der Waals surface area (Å²) in [5, 5.41) is 6.15. The highest BCUT2D eigenvalue weighted by Gasteiger charge is 2.12. The van der Waals surface area contributed by atoms with Crippen LogP contribution in [0.5, 0.6) is 0 Å². The van der Waals surface area contributed by atoms with Crippen molar-refractivity contribution in [2.75, 3.05) is 6.54 Å². The predicted octanol–water partition coefficient (Wildman–Crippen LogP) is 5.10. The summed E-state index contributed by atoms with van der Waals surface area (Å²) in [6.07, 6.45) is 0.832. The fourth-order valence-corrected chi connectivity index (χ4v) is 4.17. The number of rotatable bonds is 8. The van der Waals surface area contributed by atoms with Gasteiger partial charge in [0.05, 0.1) is 16.0 Å². The standard InChI is InChI=1S/C22H24N2OS2/c1-16(26-14-19-6-4-3-5-7-19)22(25)23-13-12-18-8-10-20(11-9-18)21-15-27-17(2)24-21/h3-11,15-16H,12-14H2,1-2H3,(H,23,25). The molecule has 0 radical (unpaired) electrons. The Balaban J connectivity index is 1.41. The average molecular weight is 397 g/mol. The Morgan fingerprint density at radius 2 is 1.85 bits per heavy atom. The molecule has 0 aliphatic carbocycles. The molecule has 0 spiro atoms. The van der Waals surface area contributed by atoms with Crippen molar-refractivity contribution in [3.8, 4) is 11.3 Å². The number of nitrogens with one attached hydrogen (secondary N) is 1. The summed E-state index contributed by atoms with van der Waals surface area (Å²) in [5.74, 6) is 0.956. The molecular weight excluding hydrogens is 372 g/mol. The summed E-state index contributed by atoms with van der Waals surface area (Å²) in [5.41, 5.74) is 4.63. The third kappa shape index (κ3) is 5.94. The van der Waals surface area contributed by atoms with Gasteiger partial charge in [0.15, 0.2) is 0 Å². The van der Waals surface area contributed by atoms with Crippen molar-refractivity contribution in [3.05, 3.63) is 76.1 Å². The van der Waals surface area contributed by atoms with E-state index >= 15 is 0 Å². The second-order valence-electron chi connectivity index (χ2n) is 6.43. The summed E-state index contributed by atoms with van der Waals surface area (Å²) in [6, 6.07) is 18.7. The van der Waals surface area contributed by atoms with E-state index in [1.54, 1.807) is 23.1 Å². The maximum absolute atomic E-state index is 12.3. The van der Waals surface area contributed by atoms with E-state index in [0.717, 1.165) is 28.4 Å². The lowest BCUT2D eigenvalue weighted by molar-refractivity contribution is -0.120. The van der Waals surface area contributed by atoms with Crippen LogP contribution < -0.4 is 5.32 Å². The molecule has 0 aliphatic heterocycles. The monoisotopic (exact) mass is 396 g/mol. The summed E-state index contributed by atoms with van der Waals surface area (Å²) in [6.45, 7) is 4.64. The first kappa shape index (κ1) is 19.6. The number of amides is 1. The molecule has 0 aliphatic rings. The molecule has 1 unspecified atom stereocenters. The average Bonchev–Trinajstić information content (AvgIpc) is 3.13. The van der Waals surface area contributed by atoms with E-state index in [2.05, 4.69) is 52.1 Å². The SMILES string of the molecule is Cc1nc(-c2ccc(CCNC(=O)C(C)SCc3ccccc3)cc2)cs1. The van der Waals surface area contributed by atoms with Crippen molar-refractivity contribution in [3.63, 3.8) is 0 Å². The molecule has 3 nitrogen and oxygen atoms in total. The fraction of sp³-hybridized carbons (Fsp3) is 0.273. The highest BCUT2D eigenvalue weighted by Crippen LogP contribution is 2.22. The van der Waals surface area contributed by atoms with Gasteiger partial charge in [0.2, 0.25) is 5.91 Å². The lowest BCUT2D eigenvalue weighted by atomic mass is 10.1. The van der Waals surface area contributed by atoms with Crippen LogP contribution in [-0.4, -0.2) is 22.7 Å². The van der Waals surface area contributed by atoms with Crippen molar-refractivity contribution in [2.24, 2.45) is 0 Å². The number of thiazole rings is 1. The van der Waals surface area contributed by atoms with Crippen LogP contribution >= 0.6 is 23.1 Å². The van der Waals surface area contributed by atoms with E-state index in [1.807, 2.05) is 32.0 Å². The number of carbonyl (C=O) groups excluding carboxylic acids is 1. The third-order valence-corrected chi connectivity index (χ3v) is 6.28. The van der Waals surface area contributed by atoms with Crippen LogP contribution in [0.3, 0.4) is 0 Å². The number of hydrogen-bond donors (Lipinski definition) is 1. The van der Waals surface area contributed by atoms with Gasteiger partial charge in [0, 0.05) is 23.2 Å². The zero-order chi connectivity index (χ0) is 19.1. The van der Waals surface area contributed by atoms with Crippen molar-refractivity contribution < 1.29 is 4.79 Å². The highest BCUT2D eigenvalue weighted by atomic mass is 32.2. The predicted molar refractivity (Wildman–Crippen MR) is 116 cm³/mol. The summed E-state index contributed by atoms with van der Waals surface area (Å²) >= 11 is 3.33. The maximum atomic E-state index is 12.3. The minimum Gasteiger partial charge on any atom is -0.355 e. The molecule has 1 amide bonds. The van der Waals surface area contributed by atoms with Crippen LogP contribution in [0, 0.1) is 6.92 Å². The topological polar surface area (TPSA) is 42.0 Å². The van der Waals surface area contributed by atoms with Crippen LogP contribution in [0.2, 0.25) is 0 Å². The minimum absolute atomic E-state index is 0.0551. The molecule has 3 aromatic rings. The second-order valence-corrected chi connectivity index (χ2v) is 8.82. The number of hydrogen-bond acceptors (Lipinski definition) is 4. The van der Waals surface area contributed by atoms with Gasteiger partial charge < -0.3 is 5.32 Å². The van der Waals surface area contributed by atoms with Gasteiger partial charge in [-0.05, 0) is 31.4 Å². The van der Waals surface area contributed by atoms with Gasteiger partial charge in [-0.2, -0.15) is 0 Å². The summed E-state index contributed by atoms with van der Waals surface area (Å²) in [4.78, 5) is 16.8. The van der Waals surface area contributed by atoms with E-state index in [0.29, 0.717) is 6.54 Å². The number of aryl methyl sites for hydroxylation is 1. The number of benzene rings is 2. The second kappa shape index (κ2) is 9.72. The minimum atomic E-state index is -0.0551. The third-order valence-electron chi connectivity index (χ3n) is 4.29. The molecule has 0 saturated carbocycles. The summed E-state index contributed by atoms with van der Waals surface area (Å²) < 4.78 is 0. The van der Waals surface area contributed by atoms with Gasteiger partial charge in [-0.15, -0.1) is 23.1 Å². The lowest BCUT2D eigenvalue weighted by Gasteiger charge is -2.12. The molecule has 0 saturated heterocycles. The zero-order valence-electron chi connectivity index (χ0n) is 15.6. The van der Waals surface area contributed by atoms with Crippen LogP contribution in [0.1, 0.15) is 23.1 Å². The van der Waals surface area contributed by atoms with E-state index in [9.17, 15) is 4.79 Å². The molecule has 1 N–H and O–H groups in total. The Morgan fingerprint density at radius 3 is 2.52 bits per heavy atom. The number of thioether (sulfide) groups is 1. The Labute approximate surface area is 169 Å². The molecule has 3 rings (SSSR count). The number of aromatic nitrogens is 1. The Bertz CT molecular complexity index is 860. The quantitative estimate of drug-likeness (QED) is 0.576. The Kier molecular flexibility index (Phi) is 7.07. The van der Waals surface area contributed by atoms with Gasteiger partial charge in [0.1, 0.15) is 0 Å². The van der Waals surface area contributed by atoms with E-state index in [4.69, 9.17) is 0 Å². The molecule has 1 atom stereocenters. The van der Waals surface area contributed by atoms with Crippen molar-refractivity contribution in [2.45, 2.75) is 31.3 Å².